The average Bonchev–Trinajstić information content (AvgIpc) is 2.30. The molecular weight excluding hydrogens is 204 g/mol. The van der Waals surface area contributed by atoms with Crippen molar-refractivity contribution in [1.29, 1.82) is 0 Å². The normalized spacial score (nSPS) is 17.3. The smallest absolute Gasteiger partial charge is 0.246 e. The Morgan fingerprint density at radius 3 is 2.75 bits per heavy atom. The lowest BCUT2D eigenvalue weighted by Gasteiger charge is -2.22. The van der Waals surface area contributed by atoms with Gasteiger partial charge in [-0.3, -0.25) is 4.79 Å². The second-order valence-electron chi connectivity index (χ2n) is 4.31. The Hall–Kier alpha value is -0.610. The van der Waals surface area contributed by atoms with Crippen LogP contribution >= 0.6 is 0 Å². The Balaban J connectivity index is 1.97. The van der Waals surface area contributed by atoms with Crippen LogP contribution in [-0.2, 0) is 9.53 Å². The number of carbonyl (C=O) groups excluding carboxylic acids is 1. The van der Waals surface area contributed by atoms with Crippen molar-refractivity contribution < 1.29 is 9.53 Å². The number of likely N-dealkylation sites (N-methyl/N-ethyl adjacent to an activating group) is 1. The van der Waals surface area contributed by atoms with Crippen molar-refractivity contribution in [2.75, 3.05) is 26.3 Å². The third-order valence-corrected chi connectivity index (χ3v) is 2.88. The topological polar surface area (TPSA) is 50.4 Å². The van der Waals surface area contributed by atoms with Gasteiger partial charge < -0.3 is 15.4 Å². The standard InChI is InChI=1S/C12H24N2O2/c1-2-13-8-9-16-10-12(15)14-11-6-4-3-5-7-11/h11,13H,2-10H2,1H3,(H,14,15). The largest absolute Gasteiger partial charge is 0.370 e. The molecule has 1 aliphatic carbocycles. The highest BCUT2D eigenvalue weighted by Crippen LogP contribution is 2.17. The van der Waals surface area contributed by atoms with Gasteiger partial charge in [0.2, 0.25) is 5.91 Å². The lowest BCUT2D eigenvalue weighted by molar-refractivity contribution is -0.126. The molecule has 4 nitrogen and oxygen atoms in total. The molecule has 16 heavy (non-hydrogen) atoms. The second-order valence-corrected chi connectivity index (χ2v) is 4.31. The van der Waals surface area contributed by atoms with Crippen LogP contribution in [0.25, 0.3) is 0 Å². The van der Waals surface area contributed by atoms with Crippen LogP contribution in [0.5, 0.6) is 0 Å². The Bertz CT molecular complexity index is 191. The van der Waals surface area contributed by atoms with Crippen molar-refractivity contribution in [2.24, 2.45) is 0 Å². The highest BCUT2D eigenvalue weighted by molar-refractivity contribution is 5.77. The van der Waals surface area contributed by atoms with Crippen LogP contribution in [0, 0.1) is 0 Å². The number of nitrogens with one attached hydrogen (secondary N) is 2. The third kappa shape index (κ3) is 6.08. The predicted octanol–water partition coefficient (Wildman–Crippen LogP) is 1.06. The van der Waals surface area contributed by atoms with Gasteiger partial charge in [-0.15, -0.1) is 0 Å². The number of hydrogen-bond acceptors (Lipinski definition) is 3. The zero-order valence-electron chi connectivity index (χ0n) is 10.3. The number of hydrogen-bond donors (Lipinski definition) is 2. The molecule has 0 saturated heterocycles. The highest BCUT2D eigenvalue weighted by atomic mass is 16.5. The monoisotopic (exact) mass is 228 g/mol. The maximum absolute atomic E-state index is 11.5. The summed E-state index contributed by atoms with van der Waals surface area (Å²) in [6, 6.07) is 0.388. The van der Waals surface area contributed by atoms with E-state index in [0.717, 1.165) is 25.9 Å². The van der Waals surface area contributed by atoms with Gasteiger partial charge in [-0.05, 0) is 19.4 Å². The van der Waals surface area contributed by atoms with Crippen LogP contribution in [0.1, 0.15) is 39.0 Å². The van der Waals surface area contributed by atoms with E-state index in [1.807, 2.05) is 0 Å². The summed E-state index contributed by atoms with van der Waals surface area (Å²) >= 11 is 0. The van der Waals surface area contributed by atoms with Gasteiger partial charge in [-0.1, -0.05) is 26.2 Å². The summed E-state index contributed by atoms with van der Waals surface area (Å²) in [7, 11) is 0. The molecular formula is C12H24N2O2. The molecule has 1 saturated carbocycles. The molecule has 0 heterocycles. The predicted molar refractivity (Wildman–Crippen MR) is 64.4 cm³/mol. The second kappa shape index (κ2) is 8.53. The van der Waals surface area contributed by atoms with Crippen LogP contribution in [0.2, 0.25) is 0 Å². The molecule has 0 aromatic carbocycles. The molecule has 0 spiro atoms. The van der Waals surface area contributed by atoms with Gasteiger partial charge in [0.1, 0.15) is 6.61 Å². The van der Waals surface area contributed by atoms with E-state index in [1.165, 1.54) is 19.3 Å². The van der Waals surface area contributed by atoms with E-state index in [-0.39, 0.29) is 12.5 Å². The van der Waals surface area contributed by atoms with Gasteiger partial charge in [0.25, 0.3) is 0 Å². The first-order valence-electron chi connectivity index (χ1n) is 6.40. The molecule has 0 aromatic rings. The molecule has 4 heteroatoms. The molecule has 1 rings (SSSR count). The lowest BCUT2D eigenvalue weighted by atomic mass is 9.95. The molecule has 0 atom stereocenters. The van der Waals surface area contributed by atoms with Gasteiger partial charge in [0, 0.05) is 12.6 Å². The fourth-order valence-corrected chi connectivity index (χ4v) is 2.00. The summed E-state index contributed by atoms with van der Waals surface area (Å²) in [4.78, 5) is 11.5. The van der Waals surface area contributed by atoms with E-state index in [1.54, 1.807) is 0 Å². The maximum atomic E-state index is 11.5. The molecule has 0 radical (unpaired) electrons. The zero-order valence-corrected chi connectivity index (χ0v) is 10.3. The van der Waals surface area contributed by atoms with Gasteiger partial charge in [0.15, 0.2) is 0 Å². The number of rotatable bonds is 7. The Morgan fingerprint density at radius 2 is 2.06 bits per heavy atom. The molecule has 1 amide bonds. The fraction of sp³-hybridized carbons (Fsp3) is 0.917. The summed E-state index contributed by atoms with van der Waals surface area (Å²) in [6.07, 6.45) is 6.05. The number of amides is 1. The highest BCUT2D eigenvalue weighted by Gasteiger charge is 2.15. The first kappa shape index (κ1) is 13.5. The fourth-order valence-electron chi connectivity index (χ4n) is 2.00. The molecule has 94 valence electrons. The summed E-state index contributed by atoms with van der Waals surface area (Å²) in [5.41, 5.74) is 0. The van der Waals surface area contributed by atoms with Crippen molar-refractivity contribution in [3.8, 4) is 0 Å². The average molecular weight is 228 g/mol. The van der Waals surface area contributed by atoms with E-state index in [4.69, 9.17) is 4.74 Å². The van der Waals surface area contributed by atoms with Crippen molar-refractivity contribution >= 4 is 5.91 Å². The molecule has 0 unspecified atom stereocenters. The Labute approximate surface area is 98.1 Å². The van der Waals surface area contributed by atoms with E-state index >= 15 is 0 Å². The van der Waals surface area contributed by atoms with Crippen molar-refractivity contribution in [1.82, 2.24) is 10.6 Å². The van der Waals surface area contributed by atoms with Crippen molar-refractivity contribution in [3.05, 3.63) is 0 Å². The molecule has 2 N–H and O–H groups in total. The summed E-state index contributed by atoms with van der Waals surface area (Å²) < 4.78 is 5.26. The zero-order chi connectivity index (χ0) is 11.6. The SMILES string of the molecule is CCNCCOCC(=O)NC1CCCCC1. The molecule has 0 bridgehead atoms. The van der Waals surface area contributed by atoms with Crippen LogP contribution < -0.4 is 10.6 Å². The first-order chi connectivity index (χ1) is 7.83. The van der Waals surface area contributed by atoms with E-state index in [9.17, 15) is 4.79 Å². The summed E-state index contributed by atoms with van der Waals surface area (Å²) in [6.45, 7) is 4.61. The first-order valence-corrected chi connectivity index (χ1v) is 6.40. The van der Waals surface area contributed by atoms with Crippen LogP contribution in [0.4, 0.5) is 0 Å². The van der Waals surface area contributed by atoms with Gasteiger partial charge >= 0.3 is 0 Å². The van der Waals surface area contributed by atoms with Crippen LogP contribution in [0.15, 0.2) is 0 Å². The van der Waals surface area contributed by atoms with Crippen LogP contribution in [-0.4, -0.2) is 38.3 Å². The summed E-state index contributed by atoms with van der Waals surface area (Å²) in [5, 5.41) is 6.17. The van der Waals surface area contributed by atoms with Gasteiger partial charge in [-0.25, -0.2) is 0 Å². The minimum atomic E-state index is 0.0309. The van der Waals surface area contributed by atoms with E-state index in [2.05, 4.69) is 17.6 Å². The van der Waals surface area contributed by atoms with Gasteiger partial charge in [-0.2, -0.15) is 0 Å². The van der Waals surface area contributed by atoms with Crippen LogP contribution in [0.3, 0.4) is 0 Å². The number of carbonyl (C=O) groups is 1. The van der Waals surface area contributed by atoms with E-state index < -0.39 is 0 Å². The quantitative estimate of drug-likeness (QED) is 0.641. The lowest BCUT2D eigenvalue weighted by Crippen LogP contribution is -2.38. The molecule has 0 aliphatic heterocycles. The Morgan fingerprint density at radius 1 is 1.31 bits per heavy atom. The van der Waals surface area contributed by atoms with Crippen molar-refractivity contribution in [3.63, 3.8) is 0 Å². The third-order valence-electron chi connectivity index (χ3n) is 2.88. The van der Waals surface area contributed by atoms with E-state index in [0.29, 0.717) is 12.6 Å². The van der Waals surface area contributed by atoms with Crippen molar-refractivity contribution in [2.45, 2.75) is 45.1 Å². The summed E-state index contributed by atoms with van der Waals surface area (Å²) in [5.74, 6) is 0.0309. The number of ether oxygens (including phenoxy) is 1. The maximum Gasteiger partial charge on any atom is 0.246 e. The minimum absolute atomic E-state index is 0.0309. The Kier molecular flexibility index (Phi) is 7.17. The minimum Gasteiger partial charge on any atom is -0.370 e. The molecule has 1 aliphatic rings. The molecule has 1 fully saturated rings. The molecule has 0 aromatic heterocycles. The van der Waals surface area contributed by atoms with Gasteiger partial charge in [0.05, 0.1) is 6.61 Å².